The molecule has 0 aromatic heterocycles. The van der Waals surface area contributed by atoms with E-state index in [1.165, 1.54) is 0 Å². The molecule has 0 saturated carbocycles. The monoisotopic (exact) mass is 291 g/mol. The van der Waals surface area contributed by atoms with Gasteiger partial charge in [-0.3, -0.25) is 0 Å². The summed E-state index contributed by atoms with van der Waals surface area (Å²) in [6.45, 7) is 2.64. The third-order valence-corrected chi connectivity index (χ3v) is 3.48. The lowest BCUT2D eigenvalue weighted by Gasteiger charge is -2.15. The lowest BCUT2D eigenvalue weighted by molar-refractivity contribution is 0.352. The van der Waals surface area contributed by atoms with E-state index in [2.05, 4.69) is 5.32 Å². The number of ether oxygens (including phenoxy) is 2. The Labute approximate surface area is 124 Å². The minimum Gasteiger partial charge on any atom is -0.493 e. The third-order valence-electron chi connectivity index (χ3n) is 3.16. The standard InChI is InChI=1S/C16H18ClNO2/c1-11-6-4-8-13(17)15(11)18-10-12-7-5-9-14(19-2)16(12)20-3/h4-9,18H,10H2,1-3H3. The Bertz CT molecular complexity index is 579. The van der Waals surface area contributed by atoms with E-state index in [4.69, 9.17) is 21.1 Å². The van der Waals surface area contributed by atoms with Crippen molar-refractivity contribution in [3.63, 3.8) is 0 Å². The molecule has 0 bridgehead atoms. The molecule has 0 aliphatic heterocycles. The summed E-state index contributed by atoms with van der Waals surface area (Å²) in [7, 11) is 3.27. The van der Waals surface area contributed by atoms with Gasteiger partial charge in [0.1, 0.15) is 0 Å². The molecule has 0 unspecified atom stereocenters. The Morgan fingerprint density at radius 2 is 1.80 bits per heavy atom. The van der Waals surface area contributed by atoms with Gasteiger partial charge in [0.05, 0.1) is 24.9 Å². The van der Waals surface area contributed by atoms with Crippen LogP contribution < -0.4 is 14.8 Å². The lowest BCUT2D eigenvalue weighted by atomic mass is 10.1. The molecule has 20 heavy (non-hydrogen) atoms. The fourth-order valence-electron chi connectivity index (χ4n) is 2.13. The number of rotatable bonds is 5. The van der Waals surface area contributed by atoms with Gasteiger partial charge in [0.25, 0.3) is 0 Å². The van der Waals surface area contributed by atoms with Crippen molar-refractivity contribution in [1.82, 2.24) is 0 Å². The van der Waals surface area contributed by atoms with Crippen LogP contribution >= 0.6 is 11.6 Å². The number of halogens is 1. The molecule has 0 radical (unpaired) electrons. The second kappa shape index (κ2) is 6.53. The Kier molecular flexibility index (Phi) is 4.74. The minimum absolute atomic E-state index is 0.616. The van der Waals surface area contributed by atoms with E-state index in [0.717, 1.165) is 28.3 Å². The first-order chi connectivity index (χ1) is 9.67. The predicted octanol–water partition coefficient (Wildman–Crippen LogP) is 4.28. The van der Waals surface area contributed by atoms with Crippen LogP contribution in [-0.2, 0) is 6.54 Å². The van der Waals surface area contributed by atoms with Crippen LogP contribution in [-0.4, -0.2) is 14.2 Å². The molecular formula is C16H18ClNO2. The van der Waals surface area contributed by atoms with E-state index in [0.29, 0.717) is 11.6 Å². The highest BCUT2D eigenvalue weighted by Crippen LogP contribution is 2.32. The van der Waals surface area contributed by atoms with Crippen molar-refractivity contribution >= 4 is 17.3 Å². The van der Waals surface area contributed by atoms with Crippen molar-refractivity contribution in [2.24, 2.45) is 0 Å². The van der Waals surface area contributed by atoms with Gasteiger partial charge < -0.3 is 14.8 Å². The molecule has 0 aliphatic rings. The minimum atomic E-state index is 0.616. The molecule has 106 valence electrons. The van der Waals surface area contributed by atoms with Crippen molar-refractivity contribution < 1.29 is 9.47 Å². The third kappa shape index (κ3) is 2.99. The highest BCUT2D eigenvalue weighted by atomic mass is 35.5. The molecule has 0 fully saturated rings. The number of benzene rings is 2. The smallest absolute Gasteiger partial charge is 0.165 e. The van der Waals surface area contributed by atoms with Gasteiger partial charge in [0.2, 0.25) is 0 Å². The molecule has 0 amide bonds. The van der Waals surface area contributed by atoms with Crippen LogP contribution in [0.1, 0.15) is 11.1 Å². The summed E-state index contributed by atoms with van der Waals surface area (Å²) < 4.78 is 10.7. The summed E-state index contributed by atoms with van der Waals surface area (Å²) in [4.78, 5) is 0. The topological polar surface area (TPSA) is 30.5 Å². The van der Waals surface area contributed by atoms with Crippen molar-refractivity contribution in [1.29, 1.82) is 0 Å². The lowest BCUT2D eigenvalue weighted by Crippen LogP contribution is -2.04. The maximum atomic E-state index is 6.21. The summed E-state index contributed by atoms with van der Waals surface area (Å²) in [6.07, 6.45) is 0. The van der Waals surface area contributed by atoms with Crippen LogP contribution in [0.15, 0.2) is 36.4 Å². The number of aryl methyl sites for hydroxylation is 1. The molecule has 2 aromatic carbocycles. The van der Waals surface area contributed by atoms with Crippen LogP contribution in [0.25, 0.3) is 0 Å². The quantitative estimate of drug-likeness (QED) is 0.892. The molecule has 0 spiro atoms. The Morgan fingerprint density at radius 1 is 1.05 bits per heavy atom. The maximum absolute atomic E-state index is 6.21. The summed E-state index contributed by atoms with van der Waals surface area (Å²) in [5.41, 5.74) is 3.07. The fraction of sp³-hybridized carbons (Fsp3) is 0.250. The Morgan fingerprint density at radius 3 is 2.45 bits per heavy atom. The predicted molar refractivity (Wildman–Crippen MR) is 83.1 cm³/mol. The molecule has 2 rings (SSSR count). The zero-order valence-corrected chi connectivity index (χ0v) is 12.6. The average molecular weight is 292 g/mol. The normalized spacial score (nSPS) is 10.2. The number of anilines is 1. The van der Waals surface area contributed by atoms with E-state index in [9.17, 15) is 0 Å². The summed E-state index contributed by atoms with van der Waals surface area (Å²) >= 11 is 6.21. The van der Waals surface area contributed by atoms with E-state index >= 15 is 0 Å². The number of methoxy groups -OCH3 is 2. The van der Waals surface area contributed by atoms with E-state index in [1.54, 1.807) is 14.2 Å². The van der Waals surface area contributed by atoms with Crippen molar-refractivity contribution in [2.45, 2.75) is 13.5 Å². The molecule has 0 aliphatic carbocycles. The maximum Gasteiger partial charge on any atom is 0.165 e. The van der Waals surface area contributed by atoms with Gasteiger partial charge in [-0.1, -0.05) is 35.9 Å². The molecule has 4 heteroatoms. The second-order valence-corrected chi connectivity index (χ2v) is 4.85. The van der Waals surface area contributed by atoms with Gasteiger partial charge in [-0.2, -0.15) is 0 Å². The largest absolute Gasteiger partial charge is 0.493 e. The van der Waals surface area contributed by atoms with Crippen LogP contribution in [0, 0.1) is 6.92 Å². The van der Waals surface area contributed by atoms with Gasteiger partial charge in [-0.15, -0.1) is 0 Å². The average Bonchev–Trinajstić information content (AvgIpc) is 2.46. The fourth-order valence-corrected chi connectivity index (χ4v) is 2.42. The molecule has 0 saturated heterocycles. The van der Waals surface area contributed by atoms with E-state index in [-0.39, 0.29) is 0 Å². The SMILES string of the molecule is COc1cccc(CNc2c(C)cccc2Cl)c1OC. The van der Waals surface area contributed by atoms with Crippen LogP contribution in [0.3, 0.4) is 0 Å². The molecule has 3 nitrogen and oxygen atoms in total. The van der Waals surface area contributed by atoms with Crippen LogP contribution in [0.5, 0.6) is 11.5 Å². The van der Waals surface area contributed by atoms with E-state index < -0.39 is 0 Å². The number of hydrogen-bond donors (Lipinski definition) is 1. The van der Waals surface area contributed by atoms with Gasteiger partial charge >= 0.3 is 0 Å². The molecule has 0 atom stereocenters. The van der Waals surface area contributed by atoms with Crippen LogP contribution in [0.2, 0.25) is 5.02 Å². The molecule has 2 aromatic rings. The Hall–Kier alpha value is -1.87. The number of hydrogen-bond acceptors (Lipinski definition) is 3. The van der Waals surface area contributed by atoms with Gasteiger partial charge in [0.15, 0.2) is 11.5 Å². The van der Waals surface area contributed by atoms with Crippen molar-refractivity contribution in [3.8, 4) is 11.5 Å². The summed E-state index contributed by atoms with van der Waals surface area (Å²) in [5, 5.41) is 4.07. The Balaban J connectivity index is 2.23. The number of nitrogens with one attached hydrogen (secondary N) is 1. The molecule has 0 heterocycles. The molecular weight excluding hydrogens is 274 g/mol. The second-order valence-electron chi connectivity index (χ2n) is 4.44. The summed E-state index contributed by atoms with van der Waals surface area (Å²) in [5.74, 6) is 1.47. The van der Waals surface area contributed by atoms with Gasteiger partial charge in [-0.05, 0) is 24.6 Å². The van der Waals surface area contributed by atoms with Crippen molar-refractivity contribution in [2.75, 3.05) is 19.5 Å². The first-order valence-electron chi connectivity index (χ1n) is 6.36. The highest BCUT2D eigenvalue weighted by Gasteiger charge is 2.10. The number of para-hydroxylation sites is 2. The zero-order chi connectivity index (χ0) is 14.5. The van der Waals surface area contributed by atoms with Gasteiger partial charge in [0, 0.05) is 12.1 Å². The zero-order valence-electron chi connectivity index (χ0n) is 11.9. The van der Waals surface area contributed by atoms with Crippen molar-refractivity contribution in [3.05, 3.63) is 52.5 Å². The highest BCUT2D eigenvalue weighted by molar-refractivity contribution is 6.33. The first-order valence-corrected chi connectivity index (χ1v) is 6.74. The first kappa shape index (κ1) is 14.5. The van der Waals surface area contributed by atoms with E-state index in [1.807, 2.05) is 43.3 Å². The summed E-state index contributed by atoms with van der Waals surface area (Å²) in [6, 6.07) is 11.7. The molecule has 1 N–H and O–H groups in total. The van der Waals surface area contributed by atoms with Crippen LogP contribution in [0.4, 0.5) is 5.69 Å². The van der Waals surface area contributed by atoms with Gasteiger partial charge in [-0.25, -0.2) is 0 Å².